The van der Waals surface area contributed by atoms with Crippen LogP contribution in [0.1, 0.15) is 39.0 Å². The fraction of sp³-hybridized carbons (Fsp3) is 0.500. The van der Waals surface area contributed by atoms with E-state index in [2.05, 4.69) is 4.98 Å². The maximum absolute atomic E-state index is 5.87. The van der Waals surface area contributed by atoms with Gasteiger partial charge >= 0.3 is 7.12 Å². The first-order valence-corrected chi connectivity index (χ1v) is 6.27. The SMILES string of the molecule is Cc1ccc(C=CB2OC(C)(C)C(C)(C)O2)nc1. The lowest BCUT2D eigenvalue weighted by atomic mass is 9.89. The van der Waals surface area contributed by atoms with Gasteiger partial charge in [0.25, 0.3) is 0 Å². The van der Waals surface area contributed by atoms with Gasteiger partial charge in [0.1, 0.15) is 0 Å². The summed E-state index contributed by atoms with van der Waals surface area (Å²) in [5, 5.41) is 0. The van der Waals surface area contributed by atoms with Gasteiger partial charge in [-0.2, -0.15) is 0 Å². The molecule has 0 radical (unpaired) electrons. The van der Waals surface area contributed by atoms with Crippen LogP contribution >= 0.6 is 0 Å². The first-order valence-electron chi connectivity index (χ1n) is 6.27. The van der Waals surface area contributed by atoms with Gasteiger partial charge in [-0.15, -0.1) is 0 Å². The third-order valence-electron chi connectivity index (χ3n) is 3.63. The highest BCUT2D eigenvalue weighted by atomic mass is 16.7. The third-order valence-corrected chi connectivity index (χ3v) is 3.63. The number of aryl methyl sites for hydroxylation is 1. The highest BCUT2D eigenvalue weighted by Crippen LogP contribution is 2.36. The number of aromatic nitrogens is 1. The van der Waals surface area contributed by atoms with Crippen LogP contribution in [0.5, 0.6) is 0 Å². The zero-order valence-corrected chi connectivity index (χ0v) is 11.7. The van der Waals surface area contributed by atoms with Crippen LogP contribution in [0.25, 0.3) is 6.08 Å². The predicted molar refractivity (Wildman–Crippen MR) is 74.1 cm³/mol. The van der Waals surface area contributed by atoms with Crippen LogP contribution in [0.15, 0.2) is 24.3 Å². The molecule has 18 heavy (non-hydrogen) atoms. The second-order valence-corrected chi connectivity index (χ2v) is 5.74. The Hall–Kier alpha value is -1.13. The second kappa shape index (κ2) is 4.52. The van der Waals surface area contributed by atoms with Crippen molar-refractivity contribution in [1.82, 2.24) is 4.98 Å². The molecule has 2 heterocycles. The smallest absolute Gasteiger partial charge is 0.400 e. The summed E-state index contributed by atoms with van der Waals surface area (Å²) >= 11 is 0. The van der Waals surface area contributed by atoms with Crippen molar-refractivity contribution in [2.75, 3.05) is 0 Å². The number of rotatable bonds is 2. The Kier molecular flexibility index (Phi) is 3.34. The molecule has 1 saturated heterocycles. The van der Waals surface area contributed by atoms with Gasteiger partial charge in [-0.1, -0.05) is 12.0 Å². The largest absolute Gasteiger partial charge is 0.487 e. The van der Waals surface area contributed by atoms with Gasteiger partial charge in [-0.3, -0.25) is 4.98 Å². The second-order valence-electron chi connectivity index (χ2n) is 5.74. The van der Waals surface area contributed by atoms with E-state index in [0.29, 0.717) is 0 Å². The van der Waals surface area contributed by atoms with Crippen molar-refractivity contribution in [3.05, 3.63) is 35.6 Å². The zero-order chi connectivity index (χ0) is 13.4. The minimum atomic E-state index is -0.307. The number of nitrogens with zero attached hydrogens (tertiary/aromatic N) is 1. The van der Waals surface area contributed by atoms with Crippen molar-refractivity contribution < 1.29 is 9.31 Å². The van der Waals surface area contributed by atoms with E-state index in [9.17, 15) is 0 Å². The number of hydrogen-bond acceptors (Lipinski definition) is 3. The number of hydrogen-bond donors (Lipinski definition) is 0. The van der Waals surface area contributed by atoms with Crippen molar-refractivity contribution in [3.63, 3.8) is 0 Å². The highest BCUT2D eigenvalue weighted by Gasteiger charge is 2.49. The first-order chi connectivity index (χ1) is 8.30. The van der Waals surface area contributed by atoms with Gasteiger partial charge in [0.05, 0.1) is 16.9 Å². The fourth-order valence-electron chi connectivity index (χ4n) is 1.72. The molecule has 1 fully saturated rings. The molecular weight excluding hydrogens is 225 g/mol. The Labute approximate surface area is 109 Å². The maximum atomic E-state index is 5.87. The Morgan fingerprint density at radius 3 is 2.22 bits per heavy atom. The normalized spacial score (nSPS) is 21.7. The van der Waals surface area contributed by atoms with E-state index in [1.54, 1.807) is 0 Å². The van der Waals surface area contributed by atoms with Gasteiger partial charge in [0, 0.05) is 6.20 Å². The summed E-state index contributed by atoms with van der Waals surface area (Å²) in [5.41, 5.74) is 1.49. The van der Waals surface area contributed by atoms with E-state index in [4.69, 9.17) is 9.31 Å². The van der Waals surface area contributed by atoms with Crippen LogP contribution in [0.4, 0.5) is 0 Å². The summed E-state index contributed by atoms with van der Waals surface area (Å²) < 4.78 is 11.7. The molecule has 0 aliphatic carbocycles. The Bertz CT molecular complexity index is 435. The van der Waals surface area contributed by atoms with Gasteiger partial charge in [-0.05, 0) is 52.3 Å². The lowest BCUT2D eigenvalue weighted by molar-refractivity contribution is 0.00578. The average Bonchev–Trinajstić information content (AvgIpc) is 2.47. The molecule has 0 bridgehead atoms. The summed E-state index contributed by atoms with van der Waals surface area (Å²) in [7, 11) is -0.307. The van der Waals surface area contributed by atoms with Crippen LogP contribution in [0.2, 0.25) is 0 Å². The highest BCUT2D eigenvalue weighted by molar-refractivity contribution is 6.52. The van der Waals surface area contributed by atoms with E-state index in [1.165, 1.54) is 0 Å². The van der Waals surface area contributed by atoms with E-state index >= 15 is 0 Å². The maximum Gasteiger partial charge on any atom is 0.487 e. The minimum absolute atomic E-state index is 0.289. The molecule has 4 heteroatoms. The molecule has 1 aromatic heterocycles. The molecule has 0 spiro atoms. The standard InChI is InChI=1S/C14H20BNO2/c1-11-6-7-12(16-10-11)8-9-15-17-13(2,3)14(4,5)18-15/h6-10H,1-5H3. The zero-order valence-electron chi connectivity index (χ0n) is 11.7. The molecule has 96 valence electrons. The monoisotopic (exact) mass is 245 g/mol. The molecule has 1 aromatic rings. The molecule has 0 aromatic carbocycles. The summed E-state index contributed by atoms with van der Waals surface area (Å²) in [6.45, 7) is 10.2. The molecule has 3 nitrogen and oxygen atoms in total. The lowest BCUT2D eigenvalue weighted by Crippen LogP contribution is -2.41. The molecular formula is C14H20BNO2. The van der Waals surface area contributed by atoms with Crippen LogP contribution in [-0.2, 0) is 9.31 Å². The van der Waals surface area contributed by atoms with Crippen molar-refractivity contribution in [2.24, 2.45) is 0 Å². The first kappa shape index (κ1) is 13.3. The summed E-state index contributed by atoms with van der Waals surface area (Å²) in [4.78, 5) is 4.31. The van der Waals surface area contributed by atoms with Crippen molar-refractivity contribution in [1.29, 1.82) is 0 Å². The molecule has 1 aliphatic heterocycles. The Morgan fingerprint density at radius 2 is 1.72 bits per heavy atom. The van der Waals surface area contributed by atoms with Gasteiger partial charge < -0.3 is 9.31 Å². The van der Waals surface area contributed by atoms with Crippen LogP contribution in [0, 0.1) is 6.92 Å². The third kappa shape index (κ3) is 2.65. The van der Waals surface area contributed by atoms with Gasteiger partial charge in [0.2, 0.25) is 0 Å². The van der Waals surface area contributed by atoms with Crippen molar-refractivity contribution >= 4 is 13.2 Å². The van der Waals surface area contributed by atoms with Crippen LogP contribution in [0.3, 0.4) is 0 Å². The van der Waals surface area contributed by atoms with Gasteiger partial charge in [0.15, 0.2) is 0 Å². The topological polar surface area (TPSA) is 31.4 Å². The minimum Gasteiger partial charge on any atom is -0.400 e. The predicted octanol–water partition coefficient (Wildman–Crippen LogP) is 3.03. The van der Waals surface area contributed by atoms with Crippen LogP contribution < -0.4 is 0 Å². The Balaban J connectivity index is 2.06. The molecule has 0 amide bonds. The van der Waals surface area contributed by atoms with E-state index in [-0.39, 0.29) is 18.3 Å². The van der Waals surface area contributed by atoms with Crippen molar-refractivity contribution in [2.45, 2.75) is 45.8 Å². The molecule has 1 aliphatic rings. The van der Waals surface area contributed by atoms with E-state index in [1.807, 2.05) is 65.0 Å². The summed E-state index contributed by atoms with van der Waals surface area (Å²) in [6, 6.07) is 4.02. The van der Waals surface area contributed by atoms with E-state index < -0.39 is 0 Å². The molecule has 2 rings (SSSR count). The van der Waals surface area contributed by atoms with E-state index in [0.717, 1.165) is 11.3 Å². The van der Waals surface area contributed by atoms with Gasteiger partial charge in [-0.25, -0.2) is 0 Å². The molecule has 0 unspecified atom stereocenters. The number of pyridine rings is 1. The lowest BCUT2D eigenvalue weighted by Gasteiger charge is -2.32. The summed E-state index contributed by atoms with van der Waals surface area (Å²) in [5.74, 6) is 1.91. The Morgan fingerprint density at radius 1 is 1.11 bits per heavy atom. The molecule has 0 atom stereocenters. The fourth-order valence-corrected chi connectivity index (χ4v) is 1.72. The van der Waals surface area contributed by atoms with Crippen LogP contribution in [-0.4, -0.2) is 23.3 Å². The molecule has 0 saturated carbocycles. The average molecular weight is 245 g/mol. The summed E-state index contributed by atoms with van der Waals surface area (Å²) in [6.07, 6.45) is 3.78. The van der Waals surface area contributed by atoms with Crippen molar-refractivity contribution in [3.8, 4) is 0 Å². The quantitative estimate of drug-likeness (QED) is 0.750. The molecule has 0 N–H and O–H groups in total.